The Balaban J connectivity index is 1.68. The van der Waals surface area contributed by atoms with Gasteiger partial charge in [-0.05, 0) is 43.2 Å². The van der Waals surface area contributed by atoms with Crippen molar-refractivity contribution in [3.05, 3.63) is 59.7 Å². The van der Waals surface area contributed by atoms with Crippen molar-refractivity contribution in [2.45, 2.75) is 38.2 Å². The first-order chi connectivity index (χ1) is 15.8. The molecule has 2 aliphatic rings. The van der Waals surface area contributed by atoms with E-state index in [2.05, 4.69) is 6.92 Å². The quantitative estimate of drug-likeness (QED) is 0.699. The van der Waals surface area contributed by atoms with Crippen LogP contribution >= 0.6 is 0 Å². The summed E-state index contributed by atoms with van der Waals surface area (Å²) in [7, 11) is 3.22. The van der Waals surface area contributed by atoms with Gasteiger partial charge in [-0.3, -0.25) is 4.79 Å². The highest BCUT2D eigenvalue weighted by atomic mass is 16.5. The molecule has 2 fully saturated rings. The van der Waals surface area contributed by atoms with E-state index in [-0.39, 0.29) is 35.7 Å². The Labute approximate surface area is 196 Å². The molecule has 6 nitrogen and oxygen atoms in total. The second-order valence-electron chi connectivity index (χ2n) is 9.86. The van der Waals surface area contributed by atoms with Crippen molar-refractivity contribution < 1.29 is 24.5 Å². The van der Waals surface area contributed by atoms with Crippen LogP contribution in [0.15, 0.2) is 48.5 Å². The molecule has 2 N–H and O–H groups in total. The van der Waals surface area contributed by atoms with Gasteiger partial charge in [0.2, 0.25) is 5.91 Å². The Kier molecular flexibility index (Phi) is 6.43. The lowest BCUT2D eigenvalue weighted by Gasteiger charge is -2.50. The first kappa shape index (κ1) is 23.6. The minimum atomic E-state index is -1.13. The van der Waals surface area contributed by atoms with Gasteiger partial charge < -0.3 is 24.6 Å². The molecule has 2 aromatic carbocycles. The van der Waals surface area contributed by atoms with Gasteiger partial charge in [0.1, 0.15) is 11.5 Å². The summed E-state index contributed by atoms with van der Waals surface area (Å²) in [5.74, 6) is 0.755. The van der Waals surface area contributed by atoms with E-state index in [1.807, 2.05) is 60.4 Å². The molecule has 0 radical (unpaired) electrons. The van der Waals surface area contributed by atoms with Gasteiger partial charge in [0, 0.05) is 36.7 Å². The van der Waals surface area contributed by atoms with E-state index in [0.717, 1.165) is 11.1 Å². The van der Waals surface area contributed by atoms with E-state index in [0.29, 0.717) is 37.4 Å². The van der Waals surface area contributed by atoms with E-state index in [4.69, 9.17) is 9.47 Å². The minimum absolute atomic E-state index is 0.0107. The highest BCUT2D eigenvalue weighted by Crippen LogP contribution is 2.57. The van der Waals surface area contributed by atoms with Crippen molar-refractivity contribution in [1.82, 2.24) is 4.90 Å². The number of carbonyl (C=O) groups is 1. The number of hydrogen-bond acceptors (Lipinski definition) is 5. The standard InChI is InChI=1S/C27H35NO5/c1-18(19-9-5-7-11-23(19)32-3)25(30)28-15-21-22(16-28)27(31,14-13-26(21,2)17-29)20-10-6-8-12-24(20)33-4/h5-12,18,21-22,29,31H,13-17H2,1-4H3/t18-,21?,22?,26?,27?/m0/s1. The molecule has 1 aliphatic carbocycles. The van der Waals surface area contributed by atoms with Crippen LogP contribution in [0.3, 0.4) is 0 Å². The Morgan fingerprint density at radius 3 is 2.30 bits per heavy atom. The summed E-state index contributed by atoms with van der Waals surface area (Å²) >= 11 is 0. The smallest absolute Gasteiger partial charge is 0.229 e. The third-order valence-electron chi connectivity index (χ3n) is 8.13. The van der Waals surface area contributed by atoms with Gasteiger partial charge in [0.25, 0.3) is 0 Å². The van der Waals surface area contributed by atoms with E-state index in [1.165, 1.54) is 0 Å². The van der Waals surface area contributed by atoms with Crippen LogP contribution in [0.5, 0.6) is 11.5 Å². The summed E-state index contributed by atoms with van der Waals surface area (Å²) in [5.41, 5.74) is 0.121. The molecule has 5 atom stereocenters. The number of amides is 1. The van der Waals surface area contributed by atoms with Crippen LogP contribution in [0.25, 0.3) is 0 Å². The average Bonchev–Trinajstić information content (AvgIpc) is 3.33. The number of nitrogens with zero attached hydrogens (tertiary/aromatic N) is 1. The molecule has 6 heteroatoms. The highest BCUT2D eigenvalue weighted by Gasteiger charge is 2.58. The van der Waals surface area contributed by atoms with Crippen molar-refractivity contribution in [1.29, 1.82) is 0 Å². The molecule has 4 rings (SSSR count). The lowest BCUT2D eigenvalue weighted by atomic mass is 9.57. The van der Waals surface area contributed by atoms with Gasteiger partial charge in [-0.2, -0.15) is 0 Å². The highest BCUT2D eigenvalue weighted by molar-refractivity contribution is 5.84. The van der Waals surface area contributed by atoms with Crippen LogP contribution in [-0.4, -0.2) is 54.9 Å². The maximum atomic E-state index is 13.6. The molecule has 1 amide bonds. The number of aliphatic hydroxyl groups is 2. The number of para-hydroxylation sites is 2. The Bertz CT molecular complexity index is 1010. The summed E-state index contributed by atoms with van der Waals surface area (Å²) in [6, 6.07) is 15.2. The molecule has 178 valence electrons. The maximum absolute atomic E-state index is 13.6. The van der Waals surface area contributed by atoms with E-state index in [9.17, 15) is 15.0 Å². The predicted molar refractivity (Wildman–Crippen MR) is 126 cm³/mol. The number of likely N-dealkylation sites (tertiary alicyclic amines) is 1. The third-order valence-corrected chi connectivity index (χ3v) is 8.13. The fourth-order valence-corrected chi connectivity index (χ4v) is 5.98. The molecule has 4 unspecified atom stereocenters. The van der Waals surface area contributed by atoms with Crippen molar-refractivity contribution in [2.24, 2.45) is 17.3 Å². The zero-order chi connectivity index (χ0) is 23.8. The summed E-state index contributed by atoms with van der Waals surface area (Å²) in [4.78, 5) is 15.5. The summed E-state index contributed by atoms with van der Waals surface area (Å²) < 4.78 is 11.1. The van der Waals surface area contributed by atoms with Crippen LogP contribution in [0.2, 0.25) is 0 Å². The van der Waals surface area contributed by atoms with Gasteiger partial charge in [-0.15, -0.1) is 0 Å². The van der Waals surface area contributed by atoms with Crippen molar-refractivity contribution in [3.8, 4) is 11.5 Å². The van der Waals surface area contributed by atoms with Gasteiger partial charge in [0.05, 0.1) is 25.7 Å². The molecule has 33 heavy (non-hydrogen) atoms. The SMILES string of the molecule is COc1ccccc1[C@H](C)C(=O)N1CC2C(C1)C(O)(c1ccccc1OC)CCC2(C)CO. The number of rotatable bonds is 6. The number of carbonyl (C=O) groups excluding carboxylic acids is 1. The third kappa shape index (κ3) is 3.89. The van der Waals surface area contributed by atoms with Crippen LogP contribution in [0.1, 0.15) is 43.7 Å². The lowest BCUT2D eigenvalue weighted by molar-refractivity contribution is -0.132. The molecule has 1 heterocycles. The topological polar surface area (TPSA) is 79.2 Å². The number of benzene rings is 2. The van der Waals surface area contributed by atoms with E-state index >= 15 is 0 Å². The molecule has 0 spiro atoms. The molecule has 2 aromatic rings. The van der Waals surface area contributed by atoms with Gasteiger partial charge in [-0.1, -0.05) is 43.3 Å². The van der Waals surface area contributed by atoms with E-state index in [1.54, 1.807) is 14.2 Å². The molecule has 0 bridgehead atoms. The van der Waals surface area contributed by atoms with Gasteiger partial charge in [0.15, 0.2) is 0 Å². The number of methoxy groups -OCH3 is 2. The monoisotopic (exact) mass is 453 g/mol. The Morgan fingerprint density at radius 1 is 1.03 bits per heavy atom. The number of ether oxygens (including phenoxy) is 2. The second kappa shape index (κ2) is 8.99. The van der Waals surface area contributed by atoms with Crippen LogP contribution < -0.4 is 9.47 Å². The molecular formula is C27H35NO5. The Hall–Kier alpha value is -2.57. The zero-order valence-electron chi connectivity index (χ0n) is 20.0. The summed E-state index contributed by atoms with van der Waals surface area (Å²) in [6.07, 6.45) is 1.18. The largest absolute Gasteiger partial charge is 0.496 e. The maximum Gasteiger partial charge on any atom is 0.229 e. The summed E-state index contributed by atoms with van der Waals surface area (Å²) in [6.45, 7) is 4.95. The number of aliphatic hydroxyl groups excluding tert-OH is 1. The predicted octanol–water partition coefficient (Wildman–Crippen LogP) is 3.56. The molecule has 0 aromatic heterocycles. The van der Waals surface area contributed by atoms with Gasteiger partial charge in [-0.25, -0.2) is 0 Å². The molecule has 1 aliphatic heterocycles. The molecular weight excluding hydrogens is 418 g/mol. The normalized spacial score (nSPS) is 29.9. The lowest BCUT2D eigenvalue weighted by Crippen LogP contribution is -2.51. The van der Waals surface area contributed by atoms with Crippen molar-refractivity contribution in [2.75, 3.05) is 33.9 Å². The molecule has 1 saturated heterocycles. The first-order valence-corrected chi connectivity index (χ1v) is 11.7. The first-order valence-electron chi connectivity index (χ1n) is 11.7. The molecule has 1 saturated carbocycles. The second-order valence-corrected chi connectivity index (χ2v) is 9.86. The average molecular weight is 454 g/mol. The number of fused-ring (bicyclic) bond motifs is 1. The van der Waals surface area contributed by atoms with Gasteiger partial charge >= 0.3 is 0 Å². The fraction of sp³-hybridized carbons (Fsp3) is 0.519. The van der Waals surface area contributed by atoms with Crippen LogP contribution in [-0.2, 0) is 10.4 Å². The van der Waals surface area contributed by atoms with Crippen molar-refractivity contribution in [3.63, 3.8) is 0 Å². The zero-order valence-corrected chi connectivity index (χ0v) is 20.0. The van der Waals surface area contributed by atoms with Crippen molar-refractivity contribution >= 4 is 5.91 Å². The fourth-order valence-electron chi connectivity index (χ4n) is 5.98. The Morgan fingerprint density at radius 2 is 1.64 bits per heavy atom. The van der Waals surface area contributed by atoms with Crippen LogP contribution in [0, 0.1) is 17.3 Å². The summed E-state index contributed by atoms with van der Waals surface area (Å²) in [5, 5.41) is 22.4. The number of hydrogen-bond donors (Lipinski definition) is 2. The van der Waals surface area contributed by atoms with Crippen LogP contribution in [0.4, 0.5) is 0 Å². The van der Waals surface area contributed by atoms with E-state index < -0.39 is 5.60 Å². The minimum Gasteiger partial charge on any atom is -0.496 e.